The minimum atomic E-state index is -0.955. The fourth-order valence-electron chi connectivity index (χ4n) is 0.966. The van der Waals surface area contributed by atoms with E-state index in [0.717, 1.165) is 6.54 Å². The van der Waals surface area contributed by atoms with E-state index in [0.29, 0.717) is 13.0 Å². The Hall–Kier alpha value is -0.620. The number of piperidine rings is 1. The highest BCUT2D eigenvalue weighted by Crippen LogP contribution is 2.13. The lowest BCUT2D eigenvalue weighted by Gasteiger charge is -2.20. The maximum absolute atomic E-state index is 12.6. The quantitative estimate of drug-likeness (QED) is 0.514. The summed E-state index contributed by atoms with van der Waals surface area (Å²) in [4.78, 5) is 0. The molecule has 1 aliphatic heterocycles. The Labute approximate surface area is 53.7 Å². The van der Waals surface area contributed by atoms with Crippen LogP contribution in [0.2, 0.25) is 0 Å². The van der Waals surface area contributed by atoms with E-state index in [1.54, 1.807) is 0 Å². The molecule has 2 atom stereocenters. The first-order valence-electron chi connectivity index (χ1n) is 3.09. The molecule has 1 N–H and O–H groups in total. The fraction of sp³-hybridized carbons (Fsp3) is 0.833. The van der Waals surface area contributed by atoms with Crippen molar-refractivity contribution in [3.63, 3.8) is 0 Å². The lowest BCUT2D eigenvalue weighted by Crippen LogP contribution is -2.37. The van der Waals surface area contributed by atoms with Crippen LogP contribution in [-0.2, 0) is 0 Å². The largest absolute Gasteiger partial charge is 0.314 e. The maximum Gasteiger partial charge on any atom is 0.128 e. The molecule has 1 saturated heterocycles. The van der Waals surface area contributed by atoms with Crippen molar-refractivity contribution >= 4 is 0 Å². The molecule has 0 unspecified atom stereocenters. The molecule has 9 heavy (non-hydrogen) atoms. The summed E-state index contributed by atoms with van der Waals surface area (Å²) >= 11 is 0. The van der Waals surface area contributed by atoms with E-state index in [1.165, 1.54) is 0 Å². The third-order valence-corrected chi connectivity index (χ3v) is 1.57. The van der Waals surface area contributed by atoms with Gasteiger partial charge in [-0.05, 0) is 13.0 Å². The van der Waals surface area contributed by atoms with E-state index in [1.807, 2.05) is 6.07 Å². The fourth-order valence-corrected chi connectivity index (χ4v) is 0.966. The predicted molar refractivity (Wildman–Crippen MR) is 31.5 cm³/mol. The highest BCUT2D eigenvalue weighted by molar-refractivity contribution is 4.92. The molecule has 0 aromatic carbocycles. The van der Waals surface area contributed by atoms with Gasteiger partial charge in [0.1, 0.15) is 6.17 Å². The van der Waals surface area contributed by atoms with Gasteiger partial charge in [0, 0.05) is 6.54 Å². The van der Waals surface area contributed by atoms with E-state index >= 15 is 0 Å². The Morgan fingerprint density at radius 1 is 1.67 bits per heavy atom. The summed E-state index contributed by atoms with van der Waals surface area (Å²) in [5, 5.41) is 11.2. The van der Waals surface area contributed by atoms with Crippen LogP contribution in [0.15, 0.2) is 0 Å². The number of nitriles is 1. The van der Waals surface area contributed by atoms with Crippen LogP contribution in [0.4, 0.5) is 4.39 Å². The highest BCUT2D eigenvalue weighted by Gasteiger charge is 2.23. The molecule has 1 aliphatic rings. The lowest BCUT2D eigenvalue weighted by atomic mass is 9.98. The topological polar surface area (TPSA) is 35.8 Å². The van der Waals surface area contributed by atoms with Gasteiger partial charge in [0.25, 0.3) is 0 Å². The van der Waals surface area contributed by atoms with Gasteiger partial charge < -0.3 is 5.32 Å². The van der Waals surface area contributed by atoms with E-state index < -0.39 is 6.17 Å². The zero-order valence-corrected chi connectivity index (χ0v) is 5.10. The number of hydrogen-bond acceptors (Lipinski definition) is 2. The van der Waals surface area contributed by atoms with Crippen LogP contribution in [0.25, 0.3) is 0 Å². The molecule has 0 radical (unpaired) electrons. The smallest absolute Gasteiger partial charge is 0.128 e. The van der Waals surface area contributed by atoms with Crippen LogP contribution in [0.3, 0.4) is 0 Å². The van der Waals surface area contributed by atoms with Crippen LogP contribution in [0, 0.1) is 17.2 Å². The highest BCUT2D eigenvalue weighted by atomic mass is 19.1. The maximum atomic E-state index is 12.6. The number of hydrogen-bond donors (Lipinski definition) is 1. The van der Waals surface area contributed by atoms with Gasteiger partial charge in [0.05, 0.1) is 12.0 Å². The molecule has 0 bridgehead atoms. The van der Waals surface area contributed by atoms with Crippen molar-refractivity contribution in [3.8, 4) is 6.07 Å². The molecule has 1 rings (SSSR count). The van der Waals surface area contributed by atoms with Crippen molar-refractivity contribution in [3.05, 3.63) is 0 Å². The van der Waals surface area contributed by atoms with E-state index in [2.05, 4.69) is 5.32 Å². The van der Waals surface area contributed by atoms with E-state index in [-0.39, 0.29) is 5.92 Å². The summed E-state index contributed by atoms with van der Waals surface area (Å²) in [5.74, 6) is -0.369. The van der Waals surface area contributed by atoms with Gasteiger partial charge in [-0.3, -0.25) is 0 Å². The van der Waals surface area contributed by atoms with Gasteiger partial charge in [0.15, 0.2) is 0 Å². The second kappa shape index (κ2) is 2.79. The molecular weight excluding hydrogens is 119 g/mol. The molecule has 0 saturated carbocycles. The summed E-state index contributed by atoms with van der Waals surface area (Å²) in [7, 11) is 0. The third-order valence-electron chi connectivity index (χ3n) is 1.57. The molecule has 0 spiro atoms. The number of nitrogens with zero attached hydrogens (tertiary/aromatic N) is 1. The van der Waals surface area contributed by atoms with Gasteiger partial charge in [-0.15, -0.1) is 0 Å². The van der Waals surface area contributed by atoms with Gasteiger partial charge in [-0.1, -0.05) is 0 Å². The summed E-state index contributed by atoms with van der Waals surface area (Å²) in [6, 6.07) is 1.94. The molecule has 0 amide bonds. The lowest BCUT2D eigenvalue weighted by molar-refractivity contribution is 0.218. The summed E-state index contributed by atoms with van der Waals surface area (Å²) < 4.78 is 12.6. The first kappa shape index (κ1) is 6.50. The molecule has 2 nitrogen and oxygen atoms in total. The van der Waals surface area contributed by atoms with Crippen molar-refractivity contribution in [2.45, 2.75) is 12.6 Å². The Balaban J connectivity index is 2.41. The normalized spacial score (nSPS) is 35.6. The Kier molecular flexibility index (Phi) is 2.01. The third kappa shape index (κ3) is 1.39. The van der Waals surface area contributed by atoms with Crippen molar-refractivity contribution < 1.29 is 4.39 Å². The number of nitrogens with one attached hydrogen (secondary N) is 1. The Morgan fingerprint density at radius 2 is 2.44 bits per heavy atom. The Bertz CT molecular complexity index is 130. The standard InChI is InChI=1S/C6H9FN2/c7-6-4-9-2-1-5(6)3-8/h5-6,9H,1-2,4H2/t5-,6-/m0/s1. The first-order valence-corrected chi connectivity index (χ1v) is 3.09. The van der Waals surface area contributed by atoms with Crippen molar-refractivity contribution in [1.29, 1.82) is 5.26 Å². The summed E-state index contributed by atoms with van der Waals surface area (Å²) in [5.41, 5.74) is 0. The predicted octanol–water partition coefficient (Wildman–Crippen LogP) is 0.458. The molecule has 1 fully saturated rings. The number of rotatable bonds is 0. The van der Waals surface area contributed by atoms with Crippen LogP contribution in [-0.4, -0.2) is 19.3 Å². The van der Waals surface area contributed by atoms with Crippen LogP contribution in [0.1, 0.15) is 6.42 Å². The second-order valence-electron chi connectivity index (χ2n) is 2.24. The monoisotopic (exact) mass is 128 g/mol. The molecule has 0 aromatic heterocycles. The van der Waals surface area contributed by atoms with Crippen molar-refractivity contribution in [2.24, 2.45) is 5.92 Å². The summed E-state index contributed by atoms with van der Waals surface area (Å²) in [6.07, 6.45) is -0.304. The molecule has 0 aromatic rings. The Morgan fingerprint density at radius 3 is 2.89 bits per heavy atom. The minimum absolute atomic E-state index is 0.345. The molecule has 0 aliphatic carbocycles. The SMILES string of the molecule is N#C[C@@H]1CCNC[C@@H]1F. The van der Waals surface area contributed by atoms with Crippen molar-refractivity contribution in [2.75, 3.05) is 13.1 Å². The molecule has 1 heterocycles. The summed E-state index contributed by atoms with van der Waals surface area (Å²) in [6.45, 7) is 1.12. The van der Waals surface area contributed by atoms with Gasteiger partial charge in [0.2, 0.25) is 0 Å². The van der Waals surface area contributed by atoms with E-state index in [4.69, 9.17) is 5.26 Å². The zero-order valence-electron chi connectivity index (χ0n) is 5.10. The van der Waals surface area contributed by atoms with Gasteiger partial charge >= 0.3 is 0 Å². The van der Waals surface area contributed by atoms with E-state index in [9.17, 15) is 4.39 Å². The van der Waals surface area contributed by atoms with Gasteiger partial charge in [-0.25, -0.2) is 4.39 Å². The molecule has 3 heteroatoms. The number of alkyl halides is 1. The van der Waals surface area contributed by atoms with Crippen LogP contribution >= 0.6 is 0 Å². The van der Waals surface area contributed by atoms with Crippen LogP contribution in [0.5, 0.6) is 0 Å². The first-order chi connectivity index (χ1) is 4.34. The zero-order chi connectivity index (χ0) is 6.69. The average molecular weight is 128 g/mol. The second-order valence-corrected chi connectivity index (χ2v) is 2.24. The molecular formula is C6H9FN2. The minimum Gasteiger partial charge on any atom is -0.314 e. The van der Waals surface area contributed by atoms with Gasteiger partial charge in [-0.2, -0.15) is 5.26 Å². The average Bonchev–Trinajstić information content (AvgIpc) is 1.89. The van der Waals surface area contributed by atoms with Crippen LogP contribution < -0.4 is 5.32 Å². The number of halogens is 1. The van der Waals surface area contributed by atoms with Crippen molar-refractivity contribution in [1.82, 2.24) is 5.32 Å². The molecule has 50 valence electrons.